The Morgan fingerprint density at radius 2 is 2.50 bits per heavy atom. The van der Waals surface area contributed by atoms with Crippen molar-refractivity contribution in [3.05, 3.63) is 16.6 Å². The molecule has 64 valence electrons. The maximum atomic E-state index is 11.3. The van der Waals surface area contributed by atoms with E-state index in [9.17, 15) is 10.0 Å². The molecule has 1 aromatic rings. The van der Waals surface area contributed by atoms with Gasteiger partial charge in [-0.05, 0) is 11.3 Å². The molecule has 1 atom stereocenters. The first kappa shape index (κ1) is 7.72. The largest absolute Gasteiger partial charge is 0.359 e. The van der Waals surface area contributed by atoms with Crippen molar-refractivity contribution in [1.82, 2.24) is 5.16 Å². The molecule has 1 heterocycles. The number of alkyl halides is 1. The number of Topliss-reactive ketones (excluding diaryl/α,β-unsaturated/α-hetero) is 1. The number of nitrogens with zero attached hydrogens (tertiary/aromatic N) is 2. The van der Waals surface area contributed by atoms with Gasteiger partial charge in [-0.25, -0.2) is 0 Å². The van der Waals surface area contributed by atoms with Crippen LogP contribution in [0.2, 0.25) is 0 Å². The van der Waals surface area contributed by atoms with Crippen LogP contribution in [0.15, 0.2) is 4.63 Å². The van der Waals surface area contributed by atoms with E-state index in [2.05, 4.69) is 25.7 Å². The van der Waals surface area contributed by atoms with Gasteiger partial charge < -0.3 is 5.21 Å². The molecule has 0 radical (unpaired) electrons. The summed E-state index contributed by atoms with van der Waals surface area (Å²) in [6.07, 6.45) is 1.15. The van der Waals surface area contributed by atoms with Gasteiger partial charge in [0.1, 0.15) is 0 Å². The number of fused-ring (bicyclic) bond motifs is 1. The number of hydrogen-bond acceptors (Lipinski definition) is 4. The molecule has 0 fully saturated rings. The van der Waals surface area contributed by atoms with Crippen molar-refractivity contribution in [3.8, 4) is 0 Å². The molecule has 12 heavy (non-hydrogen) atoms. The Bertz CT molecular complexity index is 336. The van der Waals surface area contributed by atoms with Crippen molar-refractivity contribution in [1.29, 1.82) is 0 Å². The van der Waals surface area contributed by atoms with Crippen molar-refractivity contribution < 1.29 is 14.3 Å². The van der Waals surface area contributed by atoms with Crippen molar-refractivity contribution in [2.24, 2.45) is 0 Å². The van der Waals surface area contributed by atoms with Crippen molar-refractivity contribution >= 4 is 21.7 Å². The fourth-order valence-corrected chi connectivity index (χ4v) is 1.65. The van der Waals surface area contributed by atoms with Gasteiger partial charge in [-0.3, -0.25) is 9.42 Å². The normalized spacial score (nSPS) is 22.4. The molecule has 1 aromatic heterocycles. The average Bonchev–Trinajstić information content (AvgIpc) is 2.41. The topological polar surface area (TPSA) is 70.0 Å². The number of aromatic nitrogens is 2. The van der Waals surface area contributed by atoms with Crippen LogP contribution >= 0.6 is 15.9 Å². The Hall–Kier alpha value is -0.910. The van der Waals surface area contributed by atoms with E-state index in [0.29, 0.717) is 23.4 Å². The van der Waals surface area contributed by atoms with Crippen LogP contribution in [0.3, 0.4) is 0 Å². The summed E-state index contributed by atoms with van der Waals surface area (Å²) in [7, 11) is 0. The molecule has 0 saturated carbocycles. The van der Waals surface area contributed by atoms with Crippen LogP contribution in [-0.2, 0) is 6.42 Å². The number of carbonyl (C=O) groups is 1. The fourth-order valence-electron chi connectivity index (χ4n) is 1.21. The molecule has 1 aliphatic rings. The van der Waals surface area contributed by atoms with Gasteiger partial charge in [0.15, 0.2) is 0 Å². The number of ketones is 1. The van der Waals surface area contributed by atoms with E-state index in [0.717, 1.165) is 0 Å². The highest BCUT2D eigenvalue weighted by atomic mass is 79.9. The summed E-state index contributed by atoms with van der Waals surface area (Å²) in [5.74, 6) is -0.172. The molecule has 2 rings (SSSR count). The Balaban J connectivity index is 2.50. The molecule has 0 amide bonds. The highest BCUT2D eigenvalue weighted by molar-refractivity contribution is 9.10. The summed E-state index contributed by atoms with van der Waals surface area (Å²) in [4.78, 5) is 11.4. The van der Waals surface area contributed by atoms with Crippen LogP contribution < -0.4 is 4.90 Å². The number of halogens is 1. The van der Waals surface area contributed by atoms with E-state index in [1.54, 1.807) is 0 Å². The molecular formula is C6H5BrN2O3. The minimum atomic E-state index is -0.227. The number of hydrogen-bond donors (Lipinski definition) is 0. The zero-order chi connectivity index (χ0) is 8.72. The van der Waals surface area contributed by atoms with Crippen LogP contribution in [0.4, 0.5) is 0 Å². The first-order valence-electron chi connectivity index (χ1n) is 3.47. The summed E-state index contributed by atoms with van der Waals surface area (Å²) < 4.78 is 4.31. The molecule has 0 aliphatic heterocycles. The summed E-state index contributed by atoms with van der Waals surface area (Å²) in [6.45, 7) is 0. The second-order valence-electron chi connectivity index (χ2n) is 2.60. The molecular weight excluding hydrogens is 228 g/mol. The van der Waals surface area contributed by atoms with Gasteiger partial charge in [-0.2, -0.15) is 0 Å². The molecule has 0 bridgehead atoms. The van der Waals surface area contributed by atoms with Crippen LogP contribution in [0.1, 0.15) is 22.6 Å². The van der Waals surface area contributed by atoms with Crippen molar-refractivity contribution in [2.75, 3.05) is 0 Å². The van der Waals surface area contributed by atoms with Crippen molar-refractivity contribution in [2.45, 2.75) is 17.7 Å². The predicted octanol–water partition coefficient (Wildman–Crippen LogP) is 0.200. The Labute approximate surface area is 76.0 Å². The predicted molar refractivity (Wildman–Crippen MR) is 40.8 cm³/mol. The average molecular weight is 233 g/mol. The molecule has 1 aliphatic carbocycles. The van der Waals surface area contributed by atoms with Gasteiger partial charge in [-0.1, -0.05) is 15.9 Å². The number of carbonyl (C=O) groups excluding carboxylic acids is 1. The second-order valence-corrected chi connectivity index (χ2v) is 3.70. The highest BCUT2D eigenvalue weighted by Crippen LogP contribution is 2.21. The van der Waals surface area contributed by atoms with Crippen molar-refractivity contribution in [3.63, 3.8) is 0 Å². The molecule has 6 heteroatoms. The minimum absolute atomic E-state index is 0.165. The molecule has 0 unspecified atom stereocenters. The van der Waals surface area contributed by atoms with Gasteiger partial charge in [0.05, 0.1) is 4.83 Å². The lowest BCUT2D eigenvalue weighted by Gasteiger charge is -2.09. The van der Waals surface area contributed by atoms with Gasteiger partial charge in [-0.15, -0.1) is 0 Å². The number of rotatable bonds is 0. The third kappa shape index (κ3) is 0.945. The summed E-state index contributed by atoms with van der Waals surface area (Å²) in [5, 5.41) is 14.2. The Kier molecular flexibility index (Phi) is 1.64. The first-order chi connectivity index (χ1) is 5.70. The molecule has 0 N–H and O–H groups in total. The molecule has 0 aromatic carbocycles. The van der Waals surface area contributed by atoms with E-state index in [1.807, 2.05) is 0 Å². The van der Waals surface area contributed by atoms with E-state index < -0.39 is 0 Å². The molecule has 0 spiro atoms. The zero-order valence-corrected chi connectivity index (χ0v) is 7.57. The maximum absolute atomic E-state index is 11.3. The van der Waals surface area contributed by atoms with Crippen LogP contribution in [-0.4, -0.2) is 15.8 Å². The van der Waals surface area contributed by atoms with E-state index in [1.165, 1.54) is 0 Å². The summed E-state index contributed by atoms with van der Waals surface area (Å²) in [5.41, 5.74) is 0.508. The zero-order valence-electron chi connectivity index (χ0n) is 5.99. The second kappa shape index (κ2) is 2.55. The molecule has 5 nitrogen and oxygen atoms in total. The smallest absolute Gasteiger partial charge is 0.288 e. The van der Waals surface area contributed by atoms with Gasteiger partial charge in [0, 0.05) is 11.6 Å². The third-order valence-electron chi connectivity index (χ3n) is 1.85. The third-order valence-corrected chi connectivity index (χ3v) is 2.73. The van der Waals surface area contributed by atoms with Gasteiger partial charge in [0.25, 0.3) is 5.69 Å². The van der Waals surface area contributed by atoms with E-state index >= 15 is 0 Å². The lowest BCUT2D eigenvalue weighted by molar-refractivity contribution is -0.808. The van der Waals surface area contributed by atoms with E-state index in [4.69, 9.17) is 0 Å². The lowest BCUT2D eigenvalue weighted by atomic mass is 10.00. The van der Waals surface area contributed by atoms with E-state index in [-0.39, 0.29) is 16.3 Å². The minimum Gasteiger partial charge on any atom is -0.359 e. The SMILES string of the molecule is O=C1c2no[n+]([O-])c2CC[C@H]1Br. The summed E-state index contributed by atoms with van der Waals surface area (Å²) >= 11 is 3.19. The highest BCUT2D eigenvalue weighted by Gasteiger charge is 2.35. The Morgan fingerprint density at radius 1 is 1.75 bits per heavy atom. The Morgan fingerprint density at radius 3 is 3.25 bits per heavy atom. The lowest BCUT2D eigenvalue weighted by Crippen LogP contribution is -2.33. The van der Waals surface area contributed by atoms with Crippen LogP contribution in [0.5, 0.6) is 0 Å². The fraction of sp³-hybridized carbons (Fsp3) is 0.500. The summed E-state index contributed by atoms with van der Waals surface area (Å²) in [6, 6.07) is 0. The first-order valence-corrected chi connectivity index (χ1v) is 4.38. The monoisotopic (exact) mass is 232 g/mol. The quantitative estimate of drug-likeness (QED) is 0.474. The molecule has 0 saturated heterocycles. The van der Waals surface area contributed by atoms with Crippen LogP contribution in [0.25, 0.3) is 0 Å². The van der Waals surface area contributed by atoms with Gasteiger partial charge in [0.2, 0.25) is 11.5 Å². The van der Waals surface area contributed by atoms with Gasteiger partial charge >= 0.3 is 0 Å². The standard InChI is InChI=1S/C6H5BrN2O3/c7-3-1-2-4-5(6(3)10)8-12-9(4)11/h3H,1-2H2/t3-/m1/s1. The van der Waals surface area contributed by atoms with Crippen LogP contribution in [0, 0.1) is 5.21 Å². The maximum Gasteiger partial charge on any atom is 0.288 e.